The van der Waals surface area contributed by atoms with Crippen LogP contribution in [0.5, 0.6) is 0 Å². The molecule has 0 radical (unpaired) electrons. The van der Waals surface area contributed by atoms with Gasteiger partial charge in [-0.25, -0.2) is 19.9 Å². The van der Waals surface area contributed by atoms with Crippen LogP contribution in [0.3, 0.4) is 0 Å². The van der Waals surface area contributed by atoms with E-state index >= 15 is 0 Å². The van der Waals surface area contributed by atoms with Crippen molar-refractivity contribution >= 4 is 5.95 Å². The van der Waals surface area contributed by atoms with Gasteiger partial charge < -0.3 is 4.90 Å². The molecule has 5 heteroatoms. The highest BCUT2D eigenvalue weighted by atomic mass is 15.2. The minimum absolute atomic E-state index is 0.450. The fourth-order valence-corrected chi connectivity index (χ4v) is 2.40. The maximum Gasteiger partial charge on any atom is 0.225 e. The number of aromatic nitrogens is 4. The van der Waals surface area contributed by atoms with Crippen molar-refractivity contribution in [3.05, 3.63) is 42.7 Å². The maximum atomic E-state index is 4.35. The van der Waals surface area contributed by atoms with E-state index < -0.39 is 0 Å². The van der Waals surface area contributed by atoms with Crippen LogP contribution in [0.25, 0.3) is 0 Å². The Morgan fingerprint density at radius 3 is 2.78 bits per heavy atom. The van der Waals surface area contributed by atoms with Crippen LogP contribution >= 0.6 is 0 Å². The number of hydrogen-bond donors (Lipinski definition) is 0. The predicted molar refractivity (Wildman–Crippen MR) is 68.3 cm³/mol. The monoisotopic (exact) mass is 241 g/mol. The molecule has 0 amide bonds. The van der Waals surface area contributed by atoms with Crippen LogP contribution in [0.2, 0.25) is 0 Å². The first-order valence-corrected chi connectivity index (χ1v) is 6.21. The summed E-state index contributed by atoms with van der Waals surface area (Å²) in [6.07, 6.45) is 9.31. The van der Waals surface area contributed by atoms with Crippen LogP contribution in [-0.4, -0.2) is 33.0 Å². The molecule has 92 valence electrons. The molecule has 0 aromatic carbocycles. The lowest BCUT2D eigenvalue weighted by Gasteiger charge is -2.32. The van der Waals surface area contributed by atoms with Gasteiger partial charge >= 0.3 is 0 Å². The minimum atomic E-state index is 0.450. The largest absolute Gasteiger partial charge is 0.340 e. The number of piperidine rings is 1. The SMILES string of the molecule is c1cnc(N2CCC[C@H](c3ccncn3)C2)nc1. The summed E-state index contributed by atoms with van der Waals surface area (Å²) in [4.78, 5) is 19.2. The first-order chi connectivity index (χ1) is 8.93. The average Bonchev–Trinajstić information content (AvgIpc) is 2.49. The summed E-state index contributed by atoms with van der Waals surface area (Å²) in [6, 6.07) is 3.84. The molecule has 1 aliphatic heterocycles. The van der Waals surface area contributed by atoms with E-state index in [1.54, 1.807) is 24.9 Å². The van der Waals surface area contributed by atoms with Crippen molar-refractivity contribution in [3.63, 3.8) is 0 Å². The molecule has 1 aliphatic rings. The number of hydrogen-bond acceptors (Lipinski definition) is 5. The molecule has 2 aromatic rings. The standard InChI is InChI=1S/C13H15N5/c1-3-11(12-4-7-14-10-17-12)9-18(8-1)13-15-5-2-6-16-13/h2,4-7,10-11H,1,3,8-9H2/t11-/m0/s1. The zero-order valence-corrected chi connectivity index (χ0v) is 10.1. The summed E-state index contributed by atoms with van der Waals surface area (Å²) in [6.45, 7) is 1.95. The molecule has 0 bridgehead atoms. The van der Waals surface area contributed by atoms with Crippen LogP contribution in [0.1, 0.15) is 24.5 Å². The van der Waals surface area contributed by atoms with Gasteiger partial charge in [0.2, 0.25) is 5.95 Å². The van der Waals surface area contributed by atoms with Gasteiger partial charge in [-0.2, -0.15) is 0 Å². The highest BCUT2D eigenvalue weighted by Gasteiger charge is 2.23. The second-order valence-electron chi connectivity index (χ2n) is 4.47. The molecule has 0 N–H and O–H groups in total. The van der Waals surface area contributed by atoms with Gasteiger partial charge in [0.25, 0.3) is 0 Å². The van der Waals surface area contributed by atoms with Crippen molar-refractivity contribution < 1.29 is 0 Å². The first-order valence-electron chi connectivity index (χ1n) is 6.21. The second kappa shape index (κ2) is 5.08. The third kappa shape index (κ3) is 2.30. The van der Waals surface area contributed by atoms with Crippen molar-refractivity contribution in [2.75, 3.05) is 18.0 Å². The fraction of sp³-hybridized carbons (Fsp3) is 0.385. The number of anilines is 1. The Labute approximate surface area is 106 Å². The third-order valence-electron chi connectivity index (χ3n) is 3.28. The second-order valence-corrected chi connectivity index (χ2v) is 4.47. The summed E-state index contributed by atoms with van der Waals surface area (Å²) in [5.74, 6) is 1.27. The summed E-state index contributed by atoms with van der Waals surface area (Å²) in [5, 5.41) is 0. The molecule has 3 rings (SSSR count). The van der Waals surface area contributed by atoms with Crippen molar-refractivity contribution in [1.82, 2.24) is 19.9 Å². The summed E-state index contributed by atoms with van der Waals surface area (Å²) >= 11 is 0. The molecule has 3 heterocycles. The Hall–Kier alpha value is -2.04. The lowest BCUT2D eigenvalue weighted by atomic mass is 9.95. The third-order valence-corrected chi connectivity index (χ3v) is 3.28. The van der Waals surface area contributed by atoms with E-state index in [0.29, 0.717) is 5.92 Å². The molecular weight excluding hydrogens is 226 g/mol. The van der Waals surface area contributed by atoms with Gasteiger partial charge in [-0.3, -0.25) is 0 Å². The van der Waals surface area contributed by atoms with Gasteiger partial charge in [0.1, 0.15) is 6.33 Å². The molecule has 0 aliphatic carbocycles. The first kappa shape index (κ1) is 11.1. The summed E-state index contributed by atoms with van der Waals surface area (Å²) in [5.41, 5.74) is 1.12. The van der Waals surface area contributed by atoms with Crippen molar-refractivity contribution in [2.24, 2.45) is 0 Å². The Balaban J connectivity index is 1.77. The highest BCUT2D eigenvalue weighted by Crippen LogP contribution is 2.26. The molecule has 0 spiro atoms. The van der Waals surface area contributed by atoms with E-state index in [4.69, 9.17) is 0 Å². The van der Waals surface area contributed by atoms with Crippen LogP contribution < -0.4 is 4.90 Å². The van der Waals surface area contributed by atoms with E-state index in [-0.39, 0.29) is 0 Å². The minimum Gasteiger partial charge on any atom is -0.340 e. The van der Waals surface area contributed by atoms with E-state index in [1.807, 2.05) is 12.1 Å². The quantitative estimate of drug-likeness (QED) is 0.800. The Morgan fingerprint density at radius 2 is 2.00 bits per heavy atom. The average molecular weight is 241 g/mol. The summed E-state index contributed by atoms with van der Waals surface area (Å²) in [7, 11) is 0. The smallest absolute Gasteiger partial charge is 0.225 e. The van der Waals surface area contributed by atoms with Gasteiger partial charge in [0.15, 0.2) is 0 Å². The topological polar surface area (TPSA) is 54.8 Å². The fourth-order valence-electron chi connectivity index (χ4n) is 2.40. The van der Waals surface area contributed by atoms with E-state index in [1.165, 1.54) is 6.42 Å². The van der Waals surface area contributed by atoms with Crippen LogP contribution in [0.15, 0.2) is 37.1 Å². The van der Waals surface area contributed by atoms with Gasteiger partial charge in [-0.05, 0) is 25.0 Å². The summed E-state index contributed by atoms with van der Waals surface area (Å²) < 4.78 is 0. The van der Waals surface area contributed by atoms with Crippen LogP contribution in [-0.2, 0) is 0 Å². The lowest BCUT2D eigenvalue weighted by molar-refractivity contribution is 0.494. The predicted octanol–water partition coefficient (Wildman–Crippen LogP) is 1.65. The van der Waals surface area contributed by atoms with E-state index in [9.17, 15) is 0 Å². The molecule has 0 unspecified atom stereocenters. The van der Waals surface area contributed by atoms with Gasteiger partial charge in [0.05, 0.1) is 0 Å². The highest BCUT2D eigenvalue weighted by molar-refractivity contribution is 5.31. The van der Waals surface area contributed by atoms with Crippen LogP contribution in [0.4, 0.5) is 5.95 Å². The van der Waals surface area contributed by atoms with Crippen molar-refractivity contribution in [1.29, 1.82) is 0 Å². The Morgan fingerprint density at radius 1 is 1.11 bits per heavy atom. The van der Waals surface area contributed by atoms with Crippen molar-refractivity contribution in [3.8, 4) is 0 Å². The molecule has 2 aromatic heterocycles. The molecule has 18 heavy (non-hydrogen) atoms. The van der Waals surface area contributed by atoms with Crippen LogP contribution in [0, 0.1) is 0 Å². The lowest BCUT2D eigenvalue weighted by Crippen LogP contribution is -2.35. The molecule has 1 saturated heterocycles. The van der Waals surface area contributed by atoms with Gasteiger partial charge in [-0.1, -0.05) is 0 Å². The van der Waals surface area contributed by atoms with Gasteiger partial charge in [-0.15, -0.1) is 0 Å². The number of nitrogens with zero attached hydrogens (tertiary/aromatic N) is 5. The molecule has 0 saturated carbocycles. The molecule has 5 nitrogen and oxygen atoms in total. The normalized spacial score (nSPS) is 19.8. The zero-order valence-electron chi connectivity index (χ0n) is 10.1. The molecular formula is C13H15N5. The number of rotatable bonds is 2. The maximum absolute atomic E-state index is 4.35. The van der Waals surface area contributed by atoms with E-state index in [0.717, 1.165) is 31.2 Å². The van der Waals surface area contributed by atoms with Crippen molar-refractivity contribution in [2.45, 2.75) is 18.8 Å². The van der Waals surface area contributed by atoms with E-state index in [2.05, 4.69) is 24.8 Å². The molecule has 1 fully saturated rings. The zero-order chi connectivity index (χ0) is 12.2. The Kier molecular flexibility index (Phi) is 3.12. The molecule has 1 atom stereocenters. The van der Waals surface area contributed by atoms with Gasteiger partial charge in [0, 0.05) is 43.3 Å². The Bertz CT molecular complexity index is 442.